The van der Waals surface area contributed by atoms with Crippen molar-refractivity contribution in [3.8, 4) is 0 Å². The van der Waals surface area contributed by atoms with Crippen molar-refractivity contribution >= 4 is 5.91 Å². The molecule has 0 radical (unpaired) electrons. The number of unbranched alkanes of at least 4 members (excludes halogenated alkanes) is 7. The number of carbonyl (C=O) groups excluding carboxylic acids is 1. The summed E-state index contributed by atoms with van der Waals surface area (Å²) in [6, 6.07) is 5.58. The maximum Gasteiger partial charge on any atom is 0.250 e. The number of ether oxygens (including phenoxy) is 1. The van der Waals surface area contributed by atoms with Gasteiger partial charge in [-0.05, 0) is 44.1 Å². The predicted octanol–water partition coefficient (Wildman–Crippen LogP) is 4.87. The Morgan fingerprint density at radius 2 is 1.74 bits per heavy atom. The molecule has 3 aliphatic rings. The van der Waals surface area contributed by atoms with Crippen molar-refractivity contribution in [1.82, 2.24) is 9.47 Å². The van der Waals surface area contributed by atoms with Crippen molar-refractivity contribution in [2.45, 2.75) is 102 Å². The molecule has 2 bridgehead atoms. The Morgan fingerprint density at radius 3 is 2.52 bits per heavy atom. The van der Waals surface area contributed by atoms with Crippen molar-refractivity contribution in [3.63, 3.8) is 0 Å². The fourth-order valence-corrected chi connectivity index (χ4v) is 5.84. The number of carbonyl (C=O) groups is 1. The van der Waals surface area contributed by atoms with Gasteiger partial charge in [0, 0.05) is 50.3 Å². The van der Waals surface area contributed by atoms with Crippen LogP contribution in [0.5, 0.6) is 0 Å². The molecule has 5 heteroatoms. The maximum atomic E-state index is 12.8. The third-order valence-electron chi connectivity index (χ3n) is 7.52. The molecule has 0 saturated carbocycles. The summed E-state index contributed by atoms with van der Waals surface area (Å²) in [5, 5.41) is 0. The van der Waals surface area contributed by atoms with Gasteiger partial charge in [-0.25, -0.2) is 0 Å². The minimum atomic E-state index is 0.106. The van der Waals surface area contributed by atoms with Gasteiger partial charge in [-0.3, -0.25) is 9.59 Å². The predicted molar refractivity (Wildman–Crippen MR) is 123 cm³/mol. The molecule has 31 heavy (non-hydrogen) atoms. The van der Waals surface area contributed by atoms with Crippen LogP contribution in [0.15, 0.2) is 23.0 Å². The first-order valence-corrected chi connectivity index (χ1v) is 12.8. The Labute approximate surface area is 187 Å². The van der Waals surface area contributed by atoms with Crippen LogP contribution in [0.2, 0.25) is 0 Å². The summed E-state index contributed by atoms with van der Waals surface area (Å²) in [7, 11) is 0. The lowest BCUT2D eigenvalue weighted by atomic mass is 9.83. The molecule has 2 saturated heterocycles. The smallest absolute Gasteiger partial charge is 0.250 e. The average molecular weight is 429 g/mol. The molecule has 4 rings (SSSR count). The highest BCUT2D eigenvalue weighted by molar-refractivity contribution is 5.76. The number of hydrogen-bond donors (Lipinski definition) is 0. The number of hydrogen-bond acceptors (Lipinski definition) is 3. The second-order valence-corrected chi connectivity index (χ2v) is 10.00. The topological polar surface area (TPSA) is 51.5 Å². The van der Waals surface area contributed by atoms with E-state index >= 15 is 0 Å². The highest BCUT2D eigenvalue weighted by atomic mass is 16.5. The Bertz CT molecular complexity index is 768. The Morgan fingerprint density at radius 1 is 0.968 bits per heavy atom. The molecule has 4 heterocycles. The summed E-state index contributed by atoms with van der Waals surface area (Å²) in [4.78, 5) is 27.0. The summed E-state index contributed by atoms with van der Waals surface area (Å²) in [6.45, 7) is 3.34. The van der Waals surface area contributed by atoms with Crippen molar-refractivity contribution in [3.05, 3.63) is 34.2 Å². The van der Waals surface area contributed by atoms with Crippen molar-refractivity contribution < 1.29 is 9.53 Å². The van der Waals surface area contributed by atoms with E-state index in [1.807, 2.05) is 10.6 Å². The van der Waals surface area contributed by atoms with Crippen molar-refractivity contribution in [2.24, 2.45) is 5.92 Å². The Kier molecular flexibility index (Phi) is 8.23. The summed E-state index contributed by atoms with van der Waals surface area (Å²) in [6.07, 6.45) is 16.2. The molecule has 5 nitrogen and oxygen atoms in total. The minimum absolute atomic E-state index is 0.106. The van der Waals surface area contributed by atoms with E-state index < -0.39 is 0 Å². The zero-order valence-corrected chi connectivity index (χ0v) is 19.1. The van der Waals surface area contributed by atoms with Gasteiger partial charge < -0.3 is 14.2 Å². The lowest BCUT2D eigenvalue weighted by molar-refractivity contribution is -0.134. The number of amides is 1. The SMILES string of the molecule is O=C(CCCCCCCCCCC1CCCO1)N1C[C@H]2C[C@@H](C1)c1cccc(=O)n1C2. The molecule has 1 aromatic rings. The van der Waals surface area contributed by atoms with Gasteiger partial charge in [0.25, 0.3) is 5.56 Å². The number of aromatic nitrogens is 1. The average Bonchev–Trinajstić information content (AvgIpc) is 3.29. The second-order valence-electron chi connectivity index (χ2n) is 10.00. The Hall–Kier alpha value is -1.62. The van der Waals surface area contributed by atoms with E-state index in [1.165, 1.54) is 64.2 Å². The van der Waals surface area contributed by atoms with Gasteiger partial charge >= 0.3 is 0 Å². The number of likely N-dealkylation sites (tertiary alicyclic amines) is 1. The van der Waals surface area contributed by atoms with E-state index in [1.54, 1.807) is 6.07 Å². The van der Waals surface area contributed by atoms with Crippen LogP contribution in [0.25, 0.3) is 0 Å². The largest absolute Gasteiger partial charge is 0.378 e. The van der Waals surface area contributed by atoms with E-state index in [9.17, 15) is 9.59 Å². The zero-order valence-electron chi connectivity index (χ0n) is 19.1. The van der Waals surface area contributed by atoms with E-state index in [-0.39, 0.29) is 5.56 Å². The van der Waals surface area contributed by atoms with Crippen LogP contribution < -0.4 is 5.56 Å². The van der Waals surface area contributed by atoms with Crippen molar-refractivity contribution in [2.75, 3.05) is 19.7 Å². The normalized spacial score (nSPS) is 24.9. The highest BCUT2D eigenvalue weighted by Gasteiger charge is 2.35. The molecular weight excluding hydrogens is 388 g/mol. The van der Waals surface area contributed by atoms with Crippen LogP contribution >= 0.6 is 0 Å². The molecule has 172 valence electrons. The van der Waals surface area contributed by atoms with Gasteiger partial charge in [0.2, 0.25) is 5.91 Å². The summed E-state index contributed by atoms with van der Waals surface area (Å²) in [5.41, 5.74) is 1.23. The number of fused-ring (bicyclic) bond motifs is 4. The number of rotatable bonds is 11. The minimum Gasteiger partial charge on any atom is -0.378 e. The summed E-state index contributed by atoms with van der Waals surface area (Å²) < 4.78 is 7.62. The third kappa shape index (κ3) is 6.21. The van der Waals surface area contributed by atoms with E-state index in [4.69, 9.17) is 4.74 Å². The molecule has 0 aliphatic carbocycles. The molecule has 2 fully saturated rings. The standard InChI is InChI=1S/C26H40N2O3/c29-25(14-8-6-4-2-1-3-5-7-11-23-12-10-16-31-23)27-18-21-17-22(20-27)24-13-9-15-26(30)28(24)19-21/h9,13,15,21-23H,1-8,10-12,14,16-20H2/t21-,22+,23?/m1/s1. The number of pyridine rings is 1. The quantitative estimate of drug-likeness (QED) is 0.472. The second kappa shape index (κ2) is 11.3. The monoisotopic (exact) mass is 428 g/mol. The molecule has 1 unspecified atom stereocenters. The van der Waals surface area contributed by atoms with Crippen LogP contribution in [-0.4, -0.2) is 41.2 Å². The van der Waals surface area contributed by atoms with Gasteiger partial charge in [0.15, 0.2) is 0 Å². The van der Waals surface area contributed by atoms with Crippen molar-refractivity contribution in [1.29, 1.82) is 0 Å². The molecule has 1 aromatic heterocycles. The first kappa shape index (κ1) is 22.6. The van der Waals surface area contributed by atoms with Crippen LogP contribution in [0.3, 0.4) is 0 Å². The first-order valence-electron chi connectivity index (χ1n) is 12.8. The number of nitrogens with zero attached hydrogens (tertiary/aromatic N) is 2. The molecule has 3 atom stereocenters. The zero-order chi connectivity index (χ0) is 21.5. The van der Waals surface area contributed by atoms with Crippen LogP contribution in [0.4, 0.5) is 0 Å². The first-order chi connectivity index (χ1) is 15.2. The lowest BCUT2D eigenvalue weighted by Crippen LogP contribution is -2.49. The van der Waals surface area contributed by atoms with Crippen LogP contribution in [-0.2, 0) is 16.1 Å². The van der Waals surface area contributed by atoms with E-state index in [0.29, 0.717) is 30.3 Å². The van der Waals surface area contributed by atoms with Gasteiger partial charge in [-0.1, -0.05) is 51.0 Å². The lowest BCUT2D eigenvalue weighted by Gasteiger charge is -2.42. The van der Waals surface area contributed by atoms with Crippen LogP contribution in [0, 0.1) is 5.92 Å². The maximum absolute atomic E-state index is 12.8. The van der Waals surface area contributed by atoms with Gasteiger partial charge in [0.1, 0.15) is 0 Å². The molecule has 1 amide bonds. The third-order valence-corrected chi connectivity index (χ3v) is 7.52. The van der Waals surface area contributed by atoms with E-state index in [0.717, 1.165) is 44.8 Å². The molecule has 0 spiro atoms. The summed E-state index contributed by atoms with van der Waals surface area (Å²) in [5.74, 6) is 1.07. The van der Waals surface area contributed by atoms with Gasteiger partial charge in [0.05, 0.1) is 6.10 Å². The van der Waals surface area contributed by atoms with E-state index in [2.05, 4.69) is 11.0 Å². The highest BCUT2D eigenvalue weighted by Crippen LogP contribution is 2.35. The number of piperidine rings is 1. The molecule has 0 N–H and O–H groups in total. The molecular formula is C26H40N2O3. The van der Waals surface area contributed by atoms with Gasteiger partial charge in [-0.15, -0.1) is 0 Å². The van der Waals surface area contributed by atoms with Gasteiger partial charge in [-0.2, -0.15) is 0 Å². The fourth-order valence-electron chi connectivity index (χ4n) is 5.84. The fraction of sp³-hybridized carbons (Fsp3) is 0.769. The molecule has 0 aromatic carbocycles. The Balaban J connectivity index is 1.06. The van der Waals surface area contributed by atoms with Crippen LogP contribution in [0.1, 0.15) is 95.1 Å². The summed E-state index contributed by atoms with van der Waals surface area (Å²) >= 11 is 0. The molecule has 3 aliphatic heterocycles.